The third-order valence-corrected chi connectivity index (χ3v) is 3.10. The Balaban J connectivity index is 2.39. The number of thiol groups is 1. The van der Waals surface area contributed by atoms with Gasteiger partial charge in [-0.25, -0.2) is 0 Å². The smallest absolute Gasteiger partial charge is 0.273 e. The highest BCUT2D eigenvalue weighted by atomic mass is 32.1. The van der Waals surface area contributed by atoms with Crippen LogP contribution in [-0.2, 0) is 0 Å². The molecule has 19 heavy (non-hydrogen) atoms. The Kier molecular flexibility index (Phi) is 3.76. The molecule has 5 heteroatoms. The number of benzene rings is 1. The highest BCUT2D eigenvalue weighted by Gasteiger charge is 2.17. The summed E-state index contributed by atoms with van der Waals surface area (Å²) in [4.78, 5) is 26.3. The molecule has 2 rings (SSSR count). The minimum atomic E-state index is -0.449. The molecule has 0 spiro atoms. The third-order valence-electron chi connectivity index (χ3n) is 2.69. The second-order valence-electron chi connectivity index (χ2n) is 4.38. The first-order chi connectivity index (χ1) is 8.99. The summed E-state index contributed by atoms with van der Waals surface area (Å²) in [6, 6.07) is 8.78. The molecule has 0 bridgehead atoms. The van der Waals surface area contributed by atoms with E-state index in [1.54, 1.807) is 6.07 Å². The van der Waals surface area contributed by atoms with Crippen molar-refractivity contribution in [2.24, 2.45) is 0 Å². The first-order valence-corrected chi connectivity index (χ1v) is 6.18. The van der Waals surface area contributed by atoms with Gasteiger partial charge < -0.3 is 4.98 Å². The number of aromatic amines is 1. The number of amides is 1. The number of aryl methyl sites for hydroxylation is 2. The van der Waals surface area contributed by atoms with Gasteiger partial charge in [0.1, 0.15) is 5.56 Å². The lowest BCUT2D eigenvalue weighted by Gasteiger charge is -2.16. The summed E-state index contributed by atoms with van der Waals surface area (Å²) in [5.74, 6) is -0.449. The lowest BCUT2D eigenvalue weighted by Crippen LogP contribution is -2.27. The molecule has 4 nitrogen and oxygen atoms in total. The molecular weight excluding hydrogens is 260 g/mol. The van der Waals surface area contributed by atoms with E-state index < -0.39 is 11.5 Å². The number of aromatic nitrogens is 1. The third kappa shape index (κ3) is 2.88. The van der Waals surface area contributed by atoms with E-state index in [1.807, 2.05) is 32.0 Å². The fraction of sp³-hybridized carbons (Fsp3) is 0.143. The van der Waals surface area contributed by atoms with Gasteiger partial charge in [-0.05, 0) is 49.2 Å². The highest BCUT2D eigenvalue weighted by Crippen LogP contribution is 2.21. The molecule has 0 unspecified atom stereocenters. The van der Waals surface area contributed by atoms with E-state index in [9.17, 15) is 9.59 Å². The summed E-state index contributed by atoms with van der Waals surface area (Å²) in [5.41, 5.74) is 2.36. The maximum atomic E-state index is 12.2. The summed E-state index contributed by atoms with van der Waals surface area (Å²) < 4.78 is 1.19. The average molecular weight is 274 g/mol. The number of rotatable bonds is 2. The normalized spacial score (nSPS) is 10.3. The van der Waals surface area contributed by atoms with Gasteiger partial charge in [-0.2, -0.15) is 0 Å². The molecule has 0 saturated heterocycles. The molecule has 0 aliphatic carbocycles. The molecule has 1 heterocycles. The fourth-order valence-corrected chi connectivity index (χ4v) is 2.12. The first kappa shape index (κ1) is 13.4. The lowest BCUT2D eigenvalue weighted by molar-refractivity contribution is 0.101. The van der Waals surface area contributed by atoms with E-state index in [4.69, 9.17) is 0 Å². The van der Waals surface area contributed by atoms with Gasteiger partial charge in [0.15, 0.2) is 0 Å². The molecule has 0 aliphatic rings. The maximum Gasteiger partial charge on any atom is 0.273 e. The predicted octanol–water partition coefficient (Wildman–Crippen LogP) is 2.48. The van der Waals surface area contributed by atoms with Gasteiger partial charge in [0.25, 0.3) is 11.5 Å². The van der Waals surface area contributed by atoms with E-state index >= 15 is 0 Å². The topological polar surface area (TPSA) is 53.2 Å². The molecule has 1 aromatic carbocycles. The molecule has 0 aliphatic heterocycles. The van der Waals surface area contributed by atoms with Crippen molar-refractivity contribution in [1.29, 1.82) is 0 Å². The van der Waals surface area contributed by atoms with Crippen molar-refractivity contribution in [3.8, 4) is 0 Å². The summed E-state index contributed by atoms with van der Waals surface area (Å²) in [5, 5.41) is 0. The van der Waals surface area contributed by atoms with Crippen LogP contribution in [0.4, 0.5) is 5.69 Å². The number of H-pyrrole nitrogens is 1. The molecule has 0 saturated carbocycles. The number of carbonyl (C=O) groups excluding carboxylic acids is 1. The number of hydrogen-bond acceptors (Lipinski definition) is 3. The van der Waals surface area contributed by atoms with Crippen molar-refractivity contribution >= 4 is 24.4 Å². The number of hydrogen-bond donors (Lipinski definition) is 2. The van der Waals surface area contributed by atoms with E-state index in [-0.39, 0.29) is 5.56 Å². The SMILES string of the molecule is Cc1cc(C)cc(N(S)C(=O)c2ccc[nH]c2=O)c1. The lowest BCUT2D eigenvalue weighted by atomic mass is 10.1. The van der Waals surface area contributed by atoms with E-state index in [2.05, 4.69) is 17.8 Å². The van der Waals surface area contributed by atoms with Crippen LogP contribution >= 0.6 is 12.8 Å². The van der Waals surface area contributed by atoms with Crippen molar-refractivity contribution in [2.75, 3.05) is 4.31 Å². The molecule has 1 aromatic heterocycles. The quantitative estimate of drug-likeness (QED) is 0.827. The van der Waals surface area contributed by atoms with Gasteiger partial charge in [-0.15, -0.1) is 0 Å². The molecular formula is C14H14N2O2S. The van der Waals surface area contributed by atoms with Crippen LogP contribution in [-0.4, -0.2) is 10.9 Å². The second kappa shape index (κ2) is 5.32. The Morgan fingerprint density at radius 2 is 1.84 bits per heavy atom. The van der Waals surface area contributed by atoms with Crippen LogP contribution in [0, 0.1) is 13.8 Å². The largest absolute Gasteiger partial charge is 0.328 e. The van der Waals surface area contributed by atoms with Crippen LogP contribution in [0.3, 0.4) is 0 Å². The Morgan fingerprint density at radius 3 is 2.42 bits per heavy atom. The average Bonchev–Trinajstić information content (AvgIpc) is 2.36. The Labute approximate surface area is 116 Å². The molecule has 0 fully saturated rings. The number of carbonyl (C=O) groups is 1. The van der Waals surface area contributed by atoms with Crippen LogP contribution in [0.2, 0.25) is 0 Å². The van der Waals surface area contributed by atoms with Gasteiger partial charge in [0, 0.05) is 6.20 Å². The van der Waals surface area contributed by atoms with Crippen LogP contribution in [0.5, 0.6) is 0 Å². The van der Waals surface area contributed by atoms with Crippen molar-refractivity contribution in [3.63, 3.8) is 0 Å². The fourth-order valence-electron chi connectivity index (χ4n) is 1.89. The van der Waals surface area contributed by atoms with Crippen LogP contribution in [0.25, 0.3) is 0 Å². The van der Waals surface area contributed by atoms with Crippen LogP contribution in [0.1, 0.15) is 21.5 Å². The van der Waals surface area contributed by atoms with E-state index in [1.165, 1.54) is 16.6 Å². The highest BCUT2D eigenvalue weighted by molar-refractivity contribution is 7.82. The maximum absolute atomic E-state index is 12.2. The van der Waals surface area contributed by atoms with E-state index in [0.29, 0.717) is 5.69 Å². The first-order valence-electron chi connectivity index (χ1n) is 5.78. The van der Waals surface area contributed by atoms with Gasteiger partial charge in [-0.1, -0.05) is 18.9 Å². The van der Waals surface area contributed by atoms with Gasteiger partial charge in [0.05, 0.1) is 5.69 Å². The van der Waals surface area contributed by atoms with Crippen molar-refractivity contribution < 1.29 is 4.79 Å². The van der Waals surface area contributed by atoms with E-state index in [0.717, 1.165) is 11.1 Å². The number of pyridine rings is 1. The molecule has 0 atom stereocenters. The van der Waals surface area contributed by atoms with Crippen LogP contribution < -0.4 is 9.86 Å². The van der Waals surface area contributed by atoms with Crippen LogP contribution in [0.15, 0.2) is 41.3 Å². The van der Waals surface area contributed by atoms with Crippen molar-refractivity contribution in [2.45, 2.75) is 13.8 Å². The second-order valence-corrected chi connectivity index (χ2v) is 4.78. The Hall–Kier alpha value is -2.01. The number of nitrogens with one attached hydrogen (secondary N) is 1. The van der Waals surface area contributed by atoms with Crippen molar-refractivity contribution in [3.05, 3.63) is 63.6 Å². The zero-order valence-corrected chi connectivity index (χ0v) is 11.6. The summed E-state index contributed by atoms with van der Waals surface area (Å²) in [6.07, 6.45) is 1.48. The molecule has 1 amide bonds. The van der Waals surface area contributed by atoms with Gasteiger partial charge in [0.2, 0.25) is 0 Å². The Morgan fingerprint density at radius 1 is 1.21 bits per heavy atom. The number of nitrogens with zero attached hydrogens (tertiary/aromatic N) is 1. The monoisotopic (exact) mass is 274 g/mol. The van der Waals surface area contributed by atoms with Gasteiger partial charge >= 0.3 is 0 Å². The minimum Gasteiger partial charge on any atom is -0.328 e. The number of anilines is 1. The summed E-state index contributed by atoms with van der Waals surface area (Å²) in [7, 11) is 0. The molecule has 1 N–H and O–H groups in total. The molecule has 2 aromatic rings. The zero-order chi connectivity index (χ0) is 14.0. The van der Waals surface area contributed by atoms with Gasteiger partial charge in [-0.3, -0.25) is 13.9 Å². The predicted molar refractivity (Wildman–Crippen MR) is 78.8 cm³/mol. The standard InChI is InChI=1S/C14H14N2O2S/c1-9-6-10(2)8-11(7-9)16(19)14(18)12-4-3-5-15-13(12)17/h3-8,19H,1-2H3,(H,15,17). The Bertz CT molecular complexity index is 659. The molecule has 98 valence electrons. The zero-order valence-electron chi connectivity index (χ0n) is 10.7. The summed E-state index contributed by atoms with van der Waals surface area (Å²) in [6.45, 7) is 3.88. The van der Waals surface area contributed by atoms with Crippen molar-refractivity contribution in [1.82, 2.24) is 4.98 Å². The molecule has 0 radical (unpaired) electrons. The minimum absolute atomic E-state index is 0.0664. The summed E-state index contributed by atoms with van der Waals surface area (Å²) >= 11 is 4.20.